The first kappa shape index (κ1) is 23.5. The minimum atomic E-state index is -0.766. The fourth-order valence-corrected chi connectivity index (χ4v) is 6.50. The summed E-state index contributed by atoms with van der Waals surface area (Å²) in [4.78, 5) is 24.7. The van der Waals surface area contributed by atoms with Crippen molar-refractivity contribution in [1.29, 1.82) is 0 Å². The van der Waals surface area contributed by atoms with E-state index >= 15 is 0 Å². The molecule has 7 nitrogen and oxygen atoms in total. The van der Waals surface area contributed by atoms with Gasteiger partial charge in [0, 0.05) is 48.8 Å². The predicted molar refractivity (Wildman–Crippen MR) is 127 cm³/mol. The average molecular weight is 566 g/mol. The fraction of sp³-hybridized carbons (Fsp3) is 0.474. The molecule has 1 aliphatic rings. The van der Waals surface area contributed by atoms with Crippen LogP contribution < -0.4 is 10.9 Å². The van der Waals surface area contributed by atoms with Gasteiger partial charge in [-0.1, -0.05) is 0 Å². The monoisotopic (exact) mass is 566 g/mol. The number of ether oxygens (including phenoxy) is 1. The van der Waals surface area contributed by atoms with E-state index < -0.39 is 23.4 Å². The van der Waals surface area contributed by atoms with E-state index in [1.54, 1.807) is 43.6 Å². The normalized spacial score (nSPS) is 14.9. The molecule has 2 N–H and O–H groups in total. The fourth-order valence-electron chi connectivity index (χ4n) is 3.25. The second-order valence-electron chi connectivity index (χ2n) is 7.97. The third-order valence-corrected chi connectivity index (χ3v) is 7.35. The summed E-state index contributed by atoms with van der Waals surface area (Å²) in [6, 6.07) is 3.18. The number of halogens is 2. The molecule has 30 heavy (non-hydrogen) atoms. The van der Waals surface area contributed by atoms with Crippen molar-refractivity contribution < 1.29 is 18.7 Å². The Morgan fingerprint density at radius 3 is 2.47 bits per heavy atom. The van der Waals surface area contributed by atoms with E-state index in [0.717, 1.165) is 31.0 Å². The van der Waals surface area contributed by atoms with Gasteiger partial charge in [-0.2, -0.15) is 0 Å². The Labute approximate surface area is 195 Å². The van der Waals surface area contributed by atoms with Crippen LogP contribution in [0.25, 0.3) is 10.9 Å². The van der Waals surface area contributed by atoms with Crippen LogP contribution in [0.2, 0.25) is 0 Å². The second kappa shape index (κ2) is 9.53. The van der Waals surface area contributed by atoms with E-state index in [-0.39, 0.29) is 0 Å². The van der Waals surface area contributed by atoms with E-state index in [9.17, 15) is 14.0 Å². The van der Waals surface area contributed by atoms with Crippen molar-refractivity contribution in [3.63, 3.8) is 0 Å². The van der Waals surface area contributed by atoms with E-state index in [1.165, 1.54) is 15.2 Å². The predicted octanol–water partition coefficient (Wildman–Crippen LogP) is 5.21. The Morgan fingerprint density at radius 1 is 1.20 bits per heavy atom. The van der Waals surface area contributed by atoms with Crippen LogP contribution >= 0.6 is 42.3 Å². The summed E-state index contributed by atoms with van der Waals surface area (Å²) >= 11 is 3.68. The van der Waals surface area contributed by atoms with E-state index in [0.29, 0.717) is 22.0 Å². The number of nitrogens with zero attached hydrogens (tertiary/aromatic N) is 2. The second-order valence-corrected chi connectivity index (χ2v) is 10.8. The molecule has 0 atom stereocenters. The summed E-state index contributed by atoms with van der Waals surface area (Å²) in [5.41, 5.74) is 5.09. The van der Waals surface area contributed by atoms with Crippen molar-refractivity contribution in [2.75, 3.05) is 13.1 Å². The van der Waals surface area contributed by atoms with E-state index in [1.807, 2.05) is 6.07 Å². The zero-order valence-corrected chi connectivity index (χ0v) is 21.0. The van der Waals surface area contributed by atoms with Gasteiger partial charge in [0.2, 0.25) is 0 Å². The molecule has 2 amide bonds. The van der Waals surface area contributed by atoms with Crippen LogP contribution in [0.3, 0.4) is 0 Å². The first-order chi connectivity index (χ1) is 14.1. The number of aryl methyl sites for hydroxylation is 1. The molecule has 1 aromatic heterocycles. The summed E-state index contributed by atoms with van der Waals surface area (Å²) in [6.45, 7) is 8.82. The number of aromatic nitrogens is 1. The van der Waals surface area contributed by atoms with E-state index in [4.69, 9.17) is 4.74 Å². The van der Waals surface area contributed by atoms with Crippen LogP contribution in [0.5, 0.6) is 0 Å². The van der Waals surface area contributed by atoms with Crippen molar-refractivity contribution in [3.8, 4) is 0 Å². The number of carbonyl (C=O) groups excluding carboxylic acids is 2. The summed E-state index contributed by atoms with van der Waals surface area (Å²) in [6.07, 6.45) is 1.52. The number of carbonyl (C=O) groups is 2. The number of hydrogen-bond donors (Lipinski definition) is 2. The first-order valence-electron chi connectivity index (χ1n) is 9.46. The lowest BCUT2D eigenvalue weighted by Gasteiger charge is -2.20. The molecule has 0 bridgehead atoms. The standard InChI is InChI=1S/C19H24FIN4O3S2/c1-11-9-13(20)16-12(10-14(25(16)30-21)29-24-7-5-6-8-24)15(11)17(26)22-23-18(27)28-19(2,3)4/h9-10H,5-8H2,1-4H3,(H,22,26)(H,23,27). The van der Waals surface area contributed by atoms with Crippen LogP contribution in [0.4, 0.5) is 9.18 Å². The molecule has 1 saturated heterocycles. The minimum absolute atomic E-state index is 0.315. The van der Waals surface area contributed by atoms with Gasteiger partial charge in [0.15, 0.2) is 0 Å². The van der Waals surface area contributed by atoms with Crippen molar-refractivity contribution in [2.45, 2.75) is 51.2 Å². The van der Waals surface area contributed by atoms with Crippen LogP contribution in [0, 0.1) is 12.7 Å². The Bertz CT molecular complexity index is 971. The maximum atomic E-state index is 14.9. The number of hydrazine groups is 1. The summed E-state index contributed by atoms with van der Waals surface area (Å²) in [7, 11) is 1.36. The van der Waals surface area contributed by atoms with Gasteiger partial charge >= 0.3 is 6.09 Å². The molecule has 0 saturated carbocycles. The number of nitrogens with one attached hydrogen (secondary N) is 2. The molecule has 0 unspecified atom stereocenters. The minimum Gasteiger partial charge on any atom is -0.443 e. The molecule has 2 aromatic rings. The number of fused-ring (bicyclic) bond motifs is 1. The smallest absolute Gasteiger partial charge is 0.426 e. The zero-order chi connectivity index (χ0) is 22.1. The molecule has 3 rings (SSSR count). The lowest BCUT2D eigenvalue weighted by atomic mass is 10.0. The molecule has 164 valence electrons. The molecule has 1 fully saturated rings. The summed E-state index contributed by atoms with van der Waals surface area (Å²) < 4.78 is 24.1. The van der Waals surface area contributed by atoms with Gasteiger partial charge in [-0.15, -0.1) is 0 Å². The molecule has 0 spiro atoms. The van der Waals surface area contributed by atoms with Crippen LogP contribution in [0.15, 0.2) is 17.2 Å². The van der Waals surface area contributed by atoms with Gasteiger partial charge < -0.3 is 4.74 Å². The molecular weight excluding hydrogens is 542 g/mol. The third kappa shape index (κ3) is 5.35. The Morgan fingerprint density at radius 2 is 1.87 bits per heavy atom. The highest BCUT2D eigenvalue weighted by Gasteiger charge is 2.25. The average Bonchev–Trinajstić information content (AvgIpc) is 3.26. The van der Waals surface area contributed by atoms with E-state index in [2.05, 4.69) is 36.4 Å². The number of amides is 2. The molecule has 0 aliphatic carbocycles. The largest absolute Gasteiger partial charge is 0.443 e. The maximum Gasteiger partial charge on any atom is 0.426 e. The first-order valence-corrected chi connectivity index (χ1v) is 13.6. The number of hydrogen-bond acceptors (Lipinski definition) is 6. The van der Waals surface area contributed by atoms with Crippen molar-refractivity contribution in [2.24, 2.45) is 0 Å². The molecule has 1 aromatic carbocycles. The third-order valence-electron chi connectivity index (χ3n) is 4.42. The highest BCUT2D eigenvalue weighted by atomic mass is 127. The molecular formula is C19H24FIN4O3S2. The van der Waals surface area contributed by atoms with Gasteiger partial charge in [-0.05, 0) is 70.2 Å². The topological polar surface area (TPSA) is 75.6 Å². The van der Waals surface area contributed by atoms with Crippen molar-refractivity contribution in [3.05, 3.63) is 29.1 Å². The lowest BCUT2D eigenvalue weighted by Crippen LogP contribution is -2.44. The quantitative estimate of drug-likeness (QED) is 0.301. The SMILES string of the molecule is Cc1cc(F)c2c(cc(SN3CCCC3)n2SI)c1C(=O)NNC(=O)OC(C)(C)C. The van der Waals surface area contributed by atoms with Crippen LogP contribution in [-0.2, 0) is 4.74 Å². The van der Waals surface area contributed by atoms with Crippen molar-refractivity contribution >= 4 is 65.2 Å². The Kier molecular flexibility index (Phi) is 7.46. The molecule has 0 radical (unpaired) electrons. The Balaban J connectivity index is 1.92. The highest BCUT2D eigenvalue weighted by molar-refractivity contribution is 14.2. The molecule has 1 aliphatic heterocycles. The van der Waals surface area contributed by atoms with Gasteiger partial charge in [-0.3, -0.25) is 14.2 Å². The summed E-state index contributed by atoms with van der Waals surface area (Å²) in [5, 5.41) is 1.35. The lowest BCUT2D eigenvalue weighted by molar-refractivity contribution is 0.0483. The van der Waals surface area contributed by atoms with Crippen LogP contribution in [-0.4, -0.2) is 39.0 Å². The number of rotatable bonds is 4. The van der Waals surface area contributed by atoms with Crippen molar-refractivity contribution in [1.82, 2.24) is 19.1 Å². The van der Waals surface area contributed by atoms with Gasteiger partial charge in [0.1, 0.15) is 16.4 Å². The molecule has 11 heteroatoms. The maximum absolute atomic E-state index is 14.9. The highest BCUT2D eigenvalue weighted by Crippen LogP contribution is 2.39. The van der Waals surface area contributed by atoms with Gasteiger partial charge in [0.05, 0.1) is 11.1 Å². The van der Waals surface area contributed by atoms with Gasteiger partial charge in [0.25, 0.3) is 5.91 Å². The molecule has 2 heterocycles. The van der Waals surface area contributed by atoms with Crippen LogP contribution in [0.1, 0.15) is 49.5 Å². The number of benzene rings is 1. The zero-order valence-electron chi connectivity index (χ0n) is 17.2. The Hall–Kier alpha value is -1.18. The van der Waals surface area contributed by atoms with Gasteiger partial charge in [-0.25, -0.2) is 18.9 Å². The summed E-state index contributed by atoms with van der Waals surface area (Å²) in [5.74, 6) is -0.923.